The molecule has 0 amide bonds. The van der Waals surface area contributed by atoms with Gasteiger partial charge in [0.25, 0.3) is 0 Å². The van der Waals surface area contributed by atoms with Gasteiger partial charge in [-0.1, -0.05) is 5.16 Å². The Hall–Kier alpha value is -1.28. The van der Waals surface area contributed by atoms with Crippen LogP contribution in [-0.4, -0.2) is 37.2 Å². The molecule has 5 nitrogen and oxygen atoms in total. The summed E-state index contributed by atoms with van der Waals surface area (Å²) in [5, 5.41) is 11.4. The molecule has 0 saturated carbocycles. The average molecular weight is 306 g/mol. The number of benzene rings is 1. The predicted molar refractivity (Wildman–Crippen MR) is 74.8 cm³/mol. The van der Waals surface area contributed by atoms with Crippen LogP contribution in [-0.2, 0) is 15.6 Å². The molecule has 0 atom stereocenters. The van der Waals surface area contributed by atoms with Gasteiger partial charge in [-0.2, -0.15) is 11.8 Å². The number of hydrogen-bond acceptors (Lipinski definition) is 5. The number of oxime groups is 1. The molecule has 0 saturated heterocycles. The summed E-state index contributed by atoms with van der Waals surface area (Å²) >= 11 is 1.38. The Morgan fingerprint density at radius 2 is 2.16 bits per heavy atom. The van der Waals surface area contributed by atoms with Gasteiger partial charge in [-0.15, -0.1) is 0 Å². The second-order valence-electron chi connectivity index (χ2n) is 4.02. The van der Waals surface area contributed by atoms with Crippen LogP contribution in [0.15, 0.2) is 23.4 Å². The van der Waals surface area contributed by atoms with E-state index in [0.29, 0.717) is 22.6 Å². The lowest BCUT2D eigenvalue weighted by atomic mass is 10.1. The smallest absolute Gasteiger partial charge is 0.170 e. The van der Waals surface area contributed by atoms with E-state index < -0.39 is 15.7 Å². The molecule has 19 heavy (non-hydrogen) atoms. The maximum absolute atomic E-state index is 13.3. The normalized spacial score (nSPS) is 12.6. The van der Waals surface area contributed by atoms with Crippen molar-refractivity contribution in [3.8, 4) is 0 Å². The SMILES string of the molecule is CS(=O)(=O)CCSCc1cc(F)cc(/C(N)=N/O)c1. The van der Waals surface area contributed by atoms with Gasteiger partial charge in [-0.05, 0) is 23.8 Å². The van der Waals surface area contributed by atoms with Crippen molar-refractivity contribution >= 4 is 27.4 Å². The lowest BCUT2D eigenvalue weighted by Crippen LogP contribution is -2.13. The van der Waals surface area contributed by atoms with Gasteiger partial charge in [0.2, 0.25) is 0 Å². The third-order valence-electron chi connectivity index (χ3n) is 2.23. The van der Waals surface area contributed by atoms with Crippen molar-refractivity contribution in [3.63, 3.8) is 0 Å². The van der Waals surface area contributed by atoms with E-state index in [0.717, 1.165) is 0 Å². The molecule has 1 rings (SSSR count). The summed E-state index contributed by atoms with van der Waals surface area (Å²) in [6.07, 6.45) is 1.17. The van der Waals surface area contributed by atoms with Crippen LogP contribution >= 0.6 is 11.8 Å². The Morgan fingerprint density at radius 3 is 2.74 bits per heavy atom. The van der Waals surface area contributed by atoms with E-state index in [1.54, 1.807) is 6.07 Å². The number of amidine groups is 1. The maximum Gasteiger partial charge on any atom is 0.170 e. The van der Waals surface area contributed by atoms with Gasteiger partial charge in [-0.25, -0.2) is 12.8 Å². The van der Waals surface area contributed by atoms with Crippen LogP contribution in [0.3, 0.4) is 0 Å². The Balaban J connectivity index is 2.66. The van der Waals surface area contributed by atoms with Gasteiger partial charge < -0.3 is 10.9 Å². The molecule has 0 radical (unpaired) electrons. The molecule has 1 aromatic carbocycles. The van der Waals surface area contributed by atoms with Gasteiger partial charge in [0, 0.05) is 23.3 Å². The van der Waals surface area contributed by atoms with Crippen molar-refractivity contribution in [1.82, 2.24) is 0 Å². The average Bonchev–Trinajstić information content (AvgIpc) is 2.32. The van der Waals surface area contributed by atoms with Gasteiger partial charge in [-0.3, -0.25) is 0 Å². The highest BCUT2D eigenvalue weighted by Crippen LogP contribution is 2.16. The molecule has 0 heterocycles. The number of nitrogens with two attached hydrogens (primary N) is 1. The van der Waals surface area contributed by atoms with Gasteiger partial charge in [0.15, 0.2) is 5.84 Å². The molecule has 0 bridgehead atoms. The lowest BCUT2D eigenvalue weighted by molar-refractivity contribution is 0.318. The number of sulfone groups is 1. The fourth-order valence-electron chi connectivity index (χ4n) is 1.34. The number of nitrogens with zero attached hydrogens (tertiary/aromatic N) is 1. The summed E-state index contributed by atoms with van der Waals surface area (Å²) in [6.45, 7) is 0. The zero-order chi connectivity index (χ0) is 14.5. The quantitative estimate of drug-likeness (QED) is 0.271. The summed E-state index contributed by atoms with van der Waals surface area (Å²) in [5.74, 6) is 0.331. The summed E-state index contributed by atoms with van der Waals surface area (Å²) < 4.78 is 35.2. The predicted octanol–water partition coefficient (Wildman–Crippen LogP) is 1.20. The first-order valence-corrected chi connectivity index (χ1v) is 8.56. The first-order valence-electron chi connectivity index (χ1n) is 5.34. The topological polar surface area (TPSA) is 92.8 Å². The largest absolute Gasteiger partial charge is 0.409 e. The Morgan fingerprint density at radius 1 is 1.47 bits per heavy atom. The highest BCUT2D eigenvalue weighted by atomic mass is 32.2. The fraction of sp³-hybridized carbons (Fsp3) is 0.364. The molecular weight excluding hydrogens is 291 g/mol. The van der Waals surface area contributed by atoms with E-state index in [4.69, 9.17) is 10.9 Å². The van der Waals surface area contributed by atoms with Crippen molar-refractivity contribution in [2.24, 2.45) is 10.9 Å². The van der Waals surface area contributed by atoms with E-state index in [1.807, 2.05) is 0 Å². The van der Waals surface area contributed by atoms with Gasteiger partial charge >= 0.3 is 0 Å². The molecule has 106 valence electrons. The zero-order valence-electron chi connectivity index (χ0n) is 10.3. The van der Waals surface area contributed by atoms with Gasteiger partial charge in [0.1, 0.15) is 15.7 Å². The highest BCUT2D eigenvalue weighted by Gasteiger charge is 2.06. The molecule has 0 aliphatic carbocycles. The van der Waals surface area contributed by atoms with E-state index in [9.17, 15) is 12.8 Å². The van der Waals surface area contributed by atoms with Crippen LogP contribution in [0, 0.1) is 5.82 Å². The highest BCUT2D eigenvalue weighted by molar-refractivity contribution is 7.99. The molecule has 0 unspecified atom stereocenters. The summed E-state index contributed by atoms with van der Waals surface area (Å²) in [6, 6.07) is 4.10. The number of thioether (sulfide) groups is 1. The summed E-state index contributed by atoms with van der Waals surface area (Å²) in [7, 11) is -2.98. The first kappa shape index (κ1) is 15.8. The molecule has 0 spiro atoms. The number of hydrogen-bond donors (Lipinski definition) is 2. The fourth-order valence-corrected chi connectivity index (χ4v) is 3.57. The van der Waals surface area contributed by atoms with Crippen molar-refractivity contribution in [2.45, 2.75) is 5.75 Å². The van der Waals surface area contributed by atoms with Crippen LogP contribution in [0.2, 0.25) is 0 Å². The first-order chi connectivity index (χ1) is 8.81. The Labute approximate surface area is 115 Å². The van der Waals surface area contributed by atoms with Crippen LogP contribution in [0.5, 0.6) is 0 Å². The molecule has 0 aliphatic heterocycles. The molecule has 0 aliphatic rings. The van der Waals surface area contributed by atoms with Crippen molar-refractivity contribution in [2.75, 3.05) is 17.8 Å². The molecule has 1 aromatic rings. The third-order valence-corrected chi connectivity index (χ3v) is 4.46. The standard InChI is InChI=1S/C11H15FN2O3S2/c1-19(16,17)3-2-18-7-8-4-9(11(13)14-15)6-10(12)5-8/h4-6,15H,2-3,7H2,1H3,(H2,13,14). The number of rotatable bonds is 6. The van der Waals surface area contributed by atoms with Crippen molar-refractivity contribution in [3.05, 3.63) is 35.1 Å². The molecule has 0 aromatic heterocycles. The minimum absolute atomic E-state index is 0.0834. The van der Waals surface area contributed by atoms with Crippen LogP contribution in [0.1, 0.15) is 11.1 Å². The second kappa shape index (κ2) is 6.76. The Kier molecular flexibility index (Phi) is 5.61. The zero-order valence-corrected chi connectivity index (χ0v) is 12.0. The Bertz CT molecular complexity index is 573. The second-order valence-corrected chi connectivity index (χ2v) is 7.38. The summed E-state index contributed by atoms with van der Waals surface area (Å²) in [4.78, 5) is 0. The monoisotopic (exact) mass is 306 g/mol. The van der Waals surface area contributed by atoms with Crippen molar-refractivity contribution in [1.29, 1.82) is 0 Å². The molecular formula is C11H15FN2O3S2. The van der Waals surface area contributed by atoms with E-state index >= 15 is 0 Å². The minimum atomic E-state index is -2.98. The number of halogens is 1. The van der Waals surface area contributed by atoms with Crippen LogP contribution in [0.4, 0.5) is 4.39 Å². The minimum Gasteiger partial charge on any atom is -0.409 e. The maximum atomic E-state index is 13.3. The van der Waals surface area contributed by atoms with E-state index in [-0.39, 0.29) is 11.6 Å². The molecule has 3 N–H and O–H groups in total. The summed E-state index contributed by atoms with van der Waals surface area (Å²) in [5.41, 5.74) is 6.34. The lowest BCUT2D eigenvalue weighted by Gasteiger charge is -2.05. The van der Waals surface area contributed by atoms with Crippen LogP contribution in [0.25, 0.3) is 0 Å². The van der Waals surface area contributed by atoms with Gasteiger partial charge in [0.05, 0.1) is 5.75 Å². The van der Waals surface area contributed by atoms with E-state index in [2.05, 4.69) is 5.16 Å². The molecule has 8 heteroatoms. The molecule has 0 fully saturated rings. The van der Waals surface area contributed by atoms with Crippen LogP contribution < -0.4 is 5.73 Å². The van der Waals surface area contributed by atoms with Crippen molar-refractivity contribution < 1.29 is 18.0 Å². The van der Waals surface area contributed by atoms with E-state index in [1.165, 1.54) is 30.2 Å². The third kappa shape index (κ3) is 5.93.